The van der Waals surface area contributed by atoms with Crippen molar-refractivity contribution in [1.82, 2.24) is 15.5 Å². The van der Waals surface area contributed by atoms with Gasteiger partial charge in [-0.25, -0.2) is 9.78 Å². The number of hydrogen-bond acceptors (Lipinski definition) is 7. The minimum Gasteiger partial charge on any atom is -0.497 e. The van der Waals surface area contributed by atoms with Crippen molar-refractivity contribution >= 4 is 23.0 Å². The first-order valence-electron chi connectivity index (χ1n) is 9.84. The summed E-state index contributed by atoms with van der Waals surface area (Å²) < 4.78 is 15.8. The van der Waals surface area contributed by atoms with Crippen LogP contribution in [0, 0.1) is 6.92 Å². The number of hydrogen-bond donors (Lipinski definition) is 1. The lowest BCUT2D eigenvalue weighted by Gasteiger charge is -2.14. The minimum atomic E-state index is -0.955. The van der Waals surface area contributed by atoms with Gasteiger partial charge in [0.15, 0.2) is 6.10 Å². The first kappa shape index (κ1) is 19.9. The maximum Gasteiger partial charge on any atom is 0.339 e. The summed E-state index contributed by atoms with van der Waals surface area (Å²) in [6, 6.07) is 9.08. The average Bonchev–Trinajstić information content (AvgIpc) is 3.55. The van der Waals surface area contributed by atoms with Gasteiger partial charge in [-0.3, -0.25) is 4.79 Å². The molecule has 0 radical (unpaired) electrons. The zero-order chi connectivity index (χ0) is 21.3. The van der Waals surface area contributed by atoms with E-state index < -0.39 is 12.1 Å². The van der Waals surface area contributed by atoms with E-state index in [1.54, 1.807) is 27.0 Å². The lowest BCUT2D eigenvalue weighted by molar-refractivity contribution is -0.129. The Morgan fingerprint density at radius 3 is 2.67 bits per heavy atom. The molecule has 1 N–H and O–H groups in total. The number of pyridine rings is 1. The van der Waals surface area contributed by atoms with Gasteiger partial charge in [-0.05, 0) is 50.5 Å². The Kier molecular flexibility index (Phi) is 5.39. The van der Waals surface area contributed by atoms with Gasteiger partial charge in [0.25, 0.3) is 11.6 Å². The smallest absolute Gasteiger partial charge is 0.339 e. The van der Waals surface area contributed by atoms with E-state index in [1.807, 2.05) is 24.3 Å². The first-order valence-corrected chi connectivity index (χ1v) is 9.84. The Bertz CT molecular complexity index is 1090. The number of aromatic nitrogens is 2. The van der Waals surface area contributed by atoms with E-state index in [-0.39, 0.29) is 5.91 Å². The lowest BCUT2D eigenvalue weighted by atomic mass is 10.1. The summed E-state index contributed by atoms with van der Waals surface area (Å²) in [6.45, 7) is 3.61. The quantitative estimate of drug-likeness (QED) is 0.597. The number of nitrogens with one attached hydrogen (secondary N) is 1. The summed E-state index contributed by atoms with van der Waals surface area (Å²) in [5.74, 6) is 0.0961. The van der Waals surface area contributed by atoms with Crippen LogP contribution < -0.4 is 10.1 Å². The van der Waals surface area contributed by atoms with Crippen molar-refractivity contribution in [3.8, 4) is 5.75 Å². The molecule has 0 bridgehead atoms. The van der Waals surface area contributed by atoms with Crippen LogP contribution in [0.2, 0.25) is 0 Å². The predicted octanol–water partition coefficient (Wildman–Crippen LogP) is 3.28. The lowest BCUT2D eigenvalue weighted by Crippen LogP contribution is -2.35. The van der Waals surface area contributed by atoms with Crippen LogP contribution in [0.3, 0.4) is 0 Å². The zero-order valence-electron chi connectivity index (χ0n) is 17.1. The number of nitrogens with zero attached hydrogens (tertiary/aromatic N) is 2. The van der Waals surface area contributed by atoms with Crippen molar-refractivity contribution in [2.75, 3.05) is 7.11 Å². The fourth-order valence-electron chi connectivity index (χ4n) is 3.22. The monoisotopic (exact) mass is 409 g/mol. The summed E-state index contributed by atoms with van der Waals surface area (Å²) in [5, 5.41) is 7.22. The predicted molar refractivity (Wildman–Crippen MR) is 108 cm³/mol. The van der Waals surface area contributed by atoms with E-state index in [4.69, 9.17) is 14.0 Å². The highest BCUT2D eigenvalue weighted by atomic mass is 16.5. The van der Waals surface area contributed by atoms with Crippen LogP contribution in [-0.2, 0) is 16.1 Å². The highest BCUT2D eigenvalue weighted by molar-refractivity contribution is 6.04. The molecule has 1 aliphatic rings. The Hall–Kier alpha value is -3.42. The number of carbonyl (C=O) groups excluding carboxylic acids is 2. The summed E-state index contributed by atoms with van der Waals surface area (Å²) >= 11 is 0. The van der Waals surface area contributed by atoms with Gasteiger partial charge in [0, 0.05) is 18.2 Å². The van der Waals surface area contributed by atoms with Gasteiger partial charge >= 0.3 is 5.97 Å². The fourth-order valence-corrected chi connectivity index (χ4v) is 3.22. The molecule has 8 nitrogen and oxygen atoms in total. The molecule has 1 fully saturated rings. The van der Waals surface area contributed by atoms with E-state index in [9.17, 15) is 9.59 Å². The van der Waals surface area contributed by atoms with Gasteiger partial charge in [-0.2, -0.15) is 0 Å². The number of benzene rings is 1. The van der Waals surface area contributed by atoms with Gasteiger partial charge in [-0.15, -0.1) is 0 Å². The molecule has 2 aromatic heterocycles. The molecule has 1 amide bonds. The molecule has 156 valence electrons. The Morgan fingerprint density at radius 2 is 2.00 bits per heavy atom. The molecule has 0 saturated heterocycles. The van der Waals surface area contributed by atoms with E-state index in [0.717, 1.165) is 29.8 Å². The number of methoxy groups -OCH3 is 1. The molecule has 1 aromatic carbocycles. The van der Waals surface area contributed by atoms with Crippen LogP contribution in [0.15, 0.2) is 34.9 Å². The number of amides is 1. The second-order valence-electron chi connectivity index (χ2n) is 7.43. The maximum absolute atomic E-state index is 12.9. The summed E-state index contributed by atoms with van der Waals surface area (Å²) in [6.07, 6.45) is 1.11. The maximum atomic E-state index is 12.9. The SMILES string of the molecule is COc1ccc(CNC(=O)C(C)OC(=O)c2cc(C3CC3)nc3onc(C)c23)cc1. The molecular formula is C22H23N3O5. The van der Waals surface area contributed by atoms with Gasteiger partial charge in [-0.1, -0.05) is 17.3 Å². The van der Waals surface area contributed by atoms with Crippen LogP contribution >= 0.6 is 0 Å². The van der Waals surface area contributed by atoms with Crippen molar-refractivity contribution in [3.63, 3.8) is 0 Å². The first-order chi connectivity index (χ1) is 14.5. The largest absolute Gasteiger partial charge is 0.497 e. The topological polar surface area (TPSA) is 104 Å². The Morgan fingerprint density at radius 1 is 1.27 bits per heavy atom. The molecule has 2 heterocycles. The van der Waals surface area contributed by atoms with Crippen molar-refractivity contribution < 1.29 is 23.6 Å². The third kappa shape index (κ3) is 4.12. The van der Waals surface area contributed by atoms with E-state index in [0.29, 0.717) is 34.8 Å². The number of fused-ring (bicyclic) bond motifs is 1. The molecule has 4 rings (SSSR count). The second kappa shape index (κ2) is 8.14. The third-order valence-electron chi connectivity index (χ3n) is 5.13. The molecule has 8 heteroatoms. The van der Waals surface area contributed by atoms with Crippen molar-refractivity contribution in [2.24, 2.45) is 0 Å². The zero-order valence-corrected chi connectivity index (χ0v) is 17.1. The molecule has 0 aliphatic heterocycles. The molecule has 0 spiro atoms. The van der Waals surface area contributed by atoms with Gasteiger partial charge < -0.3 is 19.3 Å². The number of carbonyl (C=O) groups is 2. The van der Waals surface area contributed by atoms with Crippen LogP contribution in [-0.4, -0.2) is 35.2 Å². The standard InChI is InChI=1S/C22H23N3O5/c1-12-19-17(10-18(15-6-7-15)24-21(19)30-25-12)22(27)29-13(2)20(26)23-11-14-4-8-16(28-3)9-5-14/h4-5,8-10,13,15H,6-7,11H2,1-3H3,(H,23,26). The molecule has 1 aliphatic carbocycles. The highest BCUT2D eigenvalue weighted by Crippen LogP contribution is 2.40. The van der Waals surface area contributed by atoms with E-state index in [1.165, 1.54) is 0 Å². The average molecular weight is 409 g/mol. The number of rotatable bonds is 7. The number of esters is 1. The number of aryl methyl sites for hydroxylation is 1. The highest BCUT2D eigenvalue weighted by Gasteiger charge is 2.30. The molecule has 1 atom stereocenters. The van der Waals surface area contributed by atoms with Gasteiger partial charge in [0.1, 0.15) is 5.75 Å². The van der Waals surface area contributed by atoms with Crippen molar-refractivity contribution in [2.45, 2.75) is 45.3 Å². The summed E-state index contributed by atoms with van der Waals surface area (Å²) in [7, 11) is 1.60. The normalized spacial score (nSPS) is 14.4. The summed E-state index contributed by atoms with van der Waals surface area (Å²) in [5.41, 5.74) is 2.91. The van der Waals surface area contributed by atoms with E-state index >= 15 is 0 Å². The third-order valence-corrected chi connectivity index (χ3v) is 5.13. The Balaban J connectivity index is 1.43. The Labute approximate surface area is 173 Å². The fraction of sp³-hybridized carbons (Fsp3) is 0.364. The van der Waals surface area contributed by atoms with Crippen LogP contribution in [0.4, 0.5) is 0 Å². The minimum absolute atomic E-state index is 0.320. The molecule has 30 heavy (non-hydrogen) atoms. The van der Waals surface area contributed by atoms with Crippen LogP contribution in [0.25, 0.3) is 11.1 Å². The summed E-state index contributed by atoms with van der Waals surface area (Å²) in [4.78, 5) is 29.7. The van der Waals surface area contributed by atoms with Crippen LogP contribution in [0.1, 0.15) is 53.0 Å². The van der Waals surface area contributed by atoms with E-state index in [2.05, 4.69) is 15.5 Å². The molecular weight excluding hydrogens is 386 g/mol. The number of ether oxygens (including phenoxy) is 2. The van der Waals surface area contributed by atoms with Gasteiger partial charge in [0.2, 0.25) is 0 Å². The molecule has 1 saturated carbocycles. The van der Waals surface area contributed by atoms with Crippen molar-refractivity contribution in [3.05, 3.63) is 52.8 Å². The second-order valence-corrected chi connectivity index (χ2v) is 7.43. The van der Waals surface area contributed by atoms with Crippen molar-refractivity contribution in [1.29, 1.82) is 0 Å². The molecule has 3 aromatic rings. The van der Waals surface area contributed by atoms with Crippen LogP contribution in [0.5, 0.6) is 5.75 Å². The molecule has 1 unspecified atom stereocenters. The van der Waals surface area contributed by atoms with Gasteiger partial charge in [0.05, 0.1) is 23.8 Å².